The van der Waals surface area contributed by atoms with Crippen molar-refractivity contribution in [3.63, 3.8) is 0 Å². The number of carbonyl (C=O) groups excluding carboxylic acids is 1. The number of methoxy groups -OCH3 is 2. The Kier molecular flexibility index (Phi) is 5.98. The molecular weight excluding hydrogens is 286 g/mol. The van der Waals surface area contributed by atoms with Gasteiger partial charge in [0.05, 0.1) is 19.8 Å². The van der Waals surface area contributed by atoms with Crippen LogP contribution in [0.3, 0.4) is 0 Å². The summed E-state index contributed by atoms with van der Waals surface area (Å²) in [6.45, 7) is 2.93. The molecule has 1 aromatic carbocycles. The molecule has 6 heteroatoms. The number of ether oxygens (including phenoxy) is 2. The van der Waals surface area contributed by atoms with E-state index in [1.165, 1.54) is 28.1 Å². The van der Waals surface area contributed by atoms with Crippen LogP contribution in [0.5, 0.6) is 11.5 Å². The predicted molar refractivity (Wildman–Crippen MR) is 82.4 cm³/mol. The number of benzene rings is 1. The number of carboxylic acids is 1. The largest absolute Gasteiger partial charge is 0.496 e. The third-order valence-electron chi connectivity index (χ3n) is 3.46. The molecule has 0 saturated carbocycles. The molecule has 0 bridgehead atoms. The summed E-state index contributed by atoms with van der Waals surface area (Å²) in [5, 5.41) is 8.92. The topological polar surface area (TPSA) is 98.9 Å². The molecule has 0 atom stereocenters. The van der Waals surface area contributed by atoms with E-state index in [2.05, 4.69) is 0 Å². The maximum Gasteiger partial charge on any atom is 0.333 e. The zero-order chi connectivity index (χ0) is 16.9. The number of carboxylic acid groups (broad SMARTS) is 1. The van der Waals surface area contributed by atoms with Gasteiger partial charge < -0.3 is 20.3 Å². The number of ketones is 1. The third-order valence-corrected chi connectivity index (χ3v) is 3.46. The van der Waals surface area contributed by atoms with Crippen LogP contribution in [0, 0.1) is 0 Å². The van der Waals surface area contributed by atoms with Gasteiger partial charge in [-0.15, -0.1) is 0 Å². The molecule has 0 aliphatic carbocycles. The Balaban J connectivity index is 3.16. The van der Waals surface area contributed by atoms with Gasteiger partial charge >= 0.3 is 5.97 Å². The Morgan fingerprint density at radius 2 is 1.64 bits per heavy atom. The average molecular weight is 307 g/mol. The summed E-state index contributed by atoms with van der Waals surface area (Å²) in [7, 11) is 3.01. The molecule has 0 unspecified atom stereocenters. The van der Waals surface area contributed by atoms with Gasteiger partial charge in [0.2, 0.25) is 0 Å². The van der Waals surface area contributed by atoms with Crippen LogP contribution in [0.1, 0.15) is 36.2 Å². The molecule has 0 amide bonds. The van der Waals surface area contributed by atoms with E-state index in [1.54, 1.807) is 12.1 Å². The summed E-state index contributed by atoms with van der Waals surface area (Å²) in [5.74, 6) is -0.0942. The van der Waals surface area contributed by atoms with Gasteiger partial charge in [0.25, 0.3) is 0 Å². The molecule has 120 valence electrons. The summed E-state index contributed by atoms with van der Waals surface area (Å²) in [6, 6.07) is 3.29. The standard InChI is InChI=1S/C16H21NO5/c1-9(16(19)20)13(17)6-5-12-14(21-3)7-11(10(2)18)8-15(12)22-4/h7-8H,5-6,17H2,1-4H3,(H,19,20). The number of hydrogen-bond acceptors (Lipinski definition) is 5. The first-order chi connectivity index (χ1) is 10.3. The highest BCUT2D eigenvalue weighted by molar-refractivity contribution is 5.95. The van der Waals surface area contributed by atoms with Crippen LogP contribution < -0.4 is 15.2 Å². The highest BCUT2D eigenvalue weighted by Crippen LogP contribution is 2.32. The van der Waals surface area contributed by atoms with E-state index in [1.807, 2.05) is 0 Å². The van der Waals surface area contributed by atoms with Crippen molar-refractivity contribution in [2.45, 2.75) is 26.7 Å². The van der Waals surface area contributed by atoms with Crippen LogP contribution in [-0.4, -0.2) is 31.1 Å². The number of Topliss-reactive ketones (excluding diaryl/α,β-unsaturated/α-hetero) is 1. The summed E-state index contributed by atoms with van der Waals surface area (Å²) in [4.78, 5) is 22.4. The lowest BCUT2D eigenvalue weighted by Gasteiger charge is -2.15. The molecule has 22 heavy (non-hydrogen) atoms. The first-order valence-corrected chi connectivity index (χ1v) is 6.76. The number of rotatable bonds is 7. The first-order valence-electron chi connectivity index (χ1n) is 6.76. The van der Waals surface area contributed by atoms with Crippen molar-refractivity contribution in [3.05, 3.63) is 34.5 Å². The fraction of sp³-hybridized carbons (Fsp3) is 0.375. The van der Waals surface area contributed by atoms with Gasteiger partial charge in [-0.2, -0.15) is 0 Å². The van der Waals surface area contributed by atoms with Crippen molar-refractivity contribution < 1.29 is 24.2 Å². The van der Waals surface area contributed by atoms with E-state index < -0.39 is 5.97 Å². The minimum absolute atomic E-state index is 0.0933. The fourth-order valence-corrected chi connectivity index (χ4v) is 2.02. The van der Waals surface area contributed by atoms with Crippen molar-refractivity contribution in [2.24, 2.45) is 5.73 Å². The number of nitrogens with two attached hydrogens (primary N) is 1. The maximum absolute atomic E-state index is 11.5. The van der Waals surface area contributed by atoms with Crippen LogP contribution >= 0.6 is 0 Å². The SMILES string of the molecule is COc1cc(C(C)=O)cc(OC)c1CCC(N)=C(C)C(=O)O. The highest BCUT2D eigenvalue weighted by atomic mass is 16.5. The van der Waals surface area contributed by atoms with Crippen molar-refractivity contribution >= 4 is 11.8 Å². The second-order valence-corrected chi connectivity index (χ2v) is 4.87. The third kappa shape index (κ3) is 4.00. The monoisotopic (exact) mass is 307 g/mol. The zero-order valence-electron chi connectivity index (χ0n) is 13.2. The molecule has 0 saturated heterocycles. The Morgan fingerprint density at radius 1 is 1.14 bits per heavy atom. The van der Waals surface area contributed by atoms with Crippen molar-refractivity contribution in [1.29, 1.82) is 0 Å². The van der Waals surface area contributed by atoms with E-state index in [-0.39, 0.29) is 11.4 Å². The smallest absolute Gasteiger partial charge is 0.333 e. The maximum atomic E-state index is 11.5. The minimum Gasteiger partial charge on any atom is -0.496 e. The second kappa shape index (κ2) is 7.49. The molecule has 0 aliphatic rings. The number of aliphatic carboxylic acids is 1. The Labute approximate surface area is 129 Å². The quantitative estimate of drug-likeness (QED) is 0.591. The molecule has 1 rings (SSSR count). The summed E-state index contributed by atoms with van der Waals surface area (Å²) in [6.07, 6.45) is 0.797. The number of hydrogen-bond donors (Lipinski definition) is 2. The molecule has 0 aromatic heterocycles. The molecule has 0 fully saturated rings. The molecule has 0 spiro atoms. The lowest BCUT2D eigenvalue weighted by atomic mass is 10.0. The van der Waals surface area contributed by atoms with Crippen LogP contribution in [0.2, 0.25) is 0 Å². The molecular formula is C16H21NO5. The lowest BCUT2D eigenvalue weighted by Crippen LogP contribution is -2.10. The summed E-state index contributed by atoms with van der Waals surface area (Å²) < 4.78 is 10.6. The van der Waals surface area contributed by atoms with E-state index in [9.17, 15) is 9.59 Å². The number of allylic oxidation sites excluding steroid dienone is 1. The molecule has 6 nitrogen and oxygen atoms in total. The Hall–Kier alpha value is -2.50. The normalized spacial score (nSPS) is 11.6. The van der Waals surface area contributed by atoms with Crippen LogP contribution in [0.15, 0.2) is 23.4 Å². The van der Waals surface area contributed by atoms with E-state index in [4.69, 9.17) is 20.3 Å². The molecule has 0 heterocycles. The van der Waals surface area contributed by atoms with Crippen molar-refractivity contribution in [3.8, 4) is 11.5 Å². The first kappa shape index (κ1) is 17.6. The van der Waals surface area contributed by atoms with Gasteiger partial charge in [0, 0.05) is 16.8 Å². The van der Waals surface area contributed by atoms with Gasteiger partial charge in [-0.3, -0.25) is 4.79 Å². The van der Waals surface area contributed by atoms with Crippen molar-refractivity contribution in [1.82, 2.24) is 0 Å². The van der Waals surface area contributed by atoms with Crippen molar-refractivity contribution in [2.75, 3.05) is 14.2 Å². The van der Waals surface area contributed by atoms with E-state index >= 15 is 0 Å². The molecule has 0 radical (unpaired) electrons. The van der Waals surface area contributed by atoms with Gasteiger partial charge in [-0.25, -0.2) is 4.79 Å². The van der Waals surface area contributed by atoms with E-state index in [0.717, 1.165) is 5.56 Å². The summed E-state index contributed by atoms with van der Waals surface area (Å²) >= 11 is 0. The summed E-state index contributed by atoms with van der Waals surface area (Å²) in [5.41, 5.74) is 7.45. The lowest BCUT2D eigenvalue weighted by molar-refractivity contribution is -0.132. The fourth-order valence-electron chi connectivity index (χ4n) is 2.02. The van der Waals surface area contributed by atoms with Crippen LogP contribution in [-0.2, 0) is 11.2 Å². The Bertz CT molecular complexity index is 594. The molecule has 1 aromatic rings. The van der Waals surface area contributed by atoms with E-state index in [0.29, 0.717) is 35.6 Å². The van der Waals surface area contributed by atoms with Gasteiger partial charge in [-0.05, 0) is 38.8 Å². The predicted octanol–water partition coefficient (Wildman–Crippen LogP) is 2.16. The van der Waals surface area contributed by atoms with Gasteiger partial charge in [-0.1, -0.05) is 0 Å². The average Bonchev–Trinajstić information content (AvgIpc) is 2.50. The highest BCUT2D eigenvalue weighted by Gasteiger charge is 2.15. The van der Waals surface area contributed by atoms with Gasteiger partial charge in [0.15, 0.2) is 5.78 Å². The van der Waals surface area contributed by atoms with Crippen LogP contribution in [0.25, 0.3) is 0 Å². The number of carbonyl (C=O) groups is 2. The molecule has 0 aliphatic heterocycles. The Morgan fingerprint density at radius 3 is 2.00 bits per heavy atom. The molecule has 3 N–H and O–H groups in total. The minimum atomic E-state index is -1.04. The zero-order valence-corrected chi connectivity index (χ0v) is 13.2. The second-order valence-electron chi connectivity index (χ2n) is 4.87. The van der Waals surface area contributed by atoms with Gasteiger partial charge in [0.1, 0.15) is 11.5 Å². The van der Waals surface area contributed by atoms with Crippen LogP contribution in [0.4, 0.5) is 0 Å².